The Labute approximate surface area is 145 Å². The Morgan fingerprint density at radius 1 is 1.32 bits per heavy atom. The van der Waals surface area contributed by atoms with Gasteiger partial charge in [0.1, 0.15) is 5.75 Å². The van der Waals surface area contributed by atoms with Crippen molar-refractivity contribution >= 4 is 23.5 Å². The van der Waals surface area contributed by atoms with Crippen LogP contribution in [-0.4, -0.2) is 55.8 Å². The molecule has 1 fully saturated rings. The average Bonchev–Trinajstić information content (AvgIpc) is 2.97. The highest BCUT2D eigenvalue weighted by atomic mass is 16.5. The molecule has 0 saturated carbocycles. The second-order valence-corrected chi connectivity index (χ2v) is 6.16. The van der Waals surface area contributed by atoms with Crippen molar-refractivity contribution in [3.63, 3.8) is 0 Å². The lowest BCUT2D eigenvalue weighted by molar-refractivity contribution is -0.149. The Morgan fingerprint density at radius 3 is 2.48 bits per heavy atom. The van der Waals surface area contributed by atoms with Gasteiger partial charge in [0.2, 0.25) is 11.8 Å². The largest absolute Gasteiger partial charge is 0.497 e. The van der Waals surface area contributed by atoms with Crippen molar-refractivity contribution in [1.29, 1.82) is 0 Å². The van der Waals surface area contributed by atoms with Gasteiger partial charge >= 0.3 is 5.97 Å². The Hall–Kier alpha value is -2.61. The highest BCUT2D eigenvalue weighted by Crippen LogP contribution is 2.27. The molecule has 0 aliphatic carbocycles. The maximum Gasteiger partial charge on any atom is 0.331 e. The van der Waals surface area contributed by atoms with Crippen LogP contribution in [0.15, 0.2) is 24.3 Å². The number of carboxylic acid groups (broad SMARTS) is 1. The third-order valence-corrected chi connectivity index (χ3v) is 4.18. The summed E-state index contributed by atoms with van der Waals surface area (Å²) in [6, 6.07) is 6.94. The second kappa shape index (κ2) is 7.52. The molecule has 2 rings (SSSR count). The molecule has 0 bridgehead atoms. The van der Waals surface area contributed by atoms with E-state index in [1.165, 1.54) is 18.9 Å². The van der Waals surface area contributed by atoms with Gasteiger partial charge < -0.3 is 24.8 Å². The van der Waals surface area contributed by atoms with Crippen LogP contribution in [0.4, 0.5) is 5.69 Å². The number of ether oxygens (including phenoxy) is 2. The number of methoxy groups -OCH3 is 2. The molecule has 0 spiro atoms. The topological polar surface area (TPSA) is 105 Å². The average molecular weight is 350 g/mol. The van der Waals surface area contributed by atoms with E-state index in [0.29, 0.717) is 11.4 Å². The lowest BCUT2D eigenvalue weighted by Crippen LogP contribution is -2.56. The third kappa shape index (κ3) is 4.08. The molecular weight excluding hydrogens is 328 g/mol. The molecule has 1 aromatic carbocycles. The monoisotopic (exact) mass is 350 g/mol. The Kier molecular flexibility index (Phi) is 5.63. The molecule has 1 aliphatic heterocycles. The van der Waals surface area contributed by atoms with E-state index in [1.54, 1.807) is 31.4 Å². The summed E-state index contributed by atoms with van der Waals surface area (Å²) in [5.74, 6) is -1.81. The van der Waals surface area contributed by atoms with Crippen LogP contribution in [0.5, 0.6) is 5.75 Å². The van der Waals surface area contributed by atoms with Crippen LogP contribution in [0.2, 0.25) is 0 Å². The molecule has 0 radical (unpaired) electrons. The van der Waals surface area contributed by atoms with Crippen molar-refractivity contribution in [2.75, 3.05) is 32.3 Å². The maximum atomic E-state index is 12.4. The first-order valence-electron chi connectivity index (χ1n) is 7.79. The van der Waals surface area contributed by atoms with Crippen LogP contribution in [-0.2, 0) is 19.1 Å². The van der Waals surface area contributed by atoms with Gasteiger partial charge in [0.15, 0.2) is 5.54 Å². The fourth-order valence-electron chi connectivity index (χ4n) is 2.71. The molecule has 25 heavy (non-hydrogen) atoms. The molecule has 8 nitrogen and oxygen atoms in total. The summed E-state index contributed by atoms with van der Waals surface area (Å²) in [6.07, 6.45) is 0.0283. The first kappa shape index (κ1) is 18.7. The molecule has 2 unspecified atom stereocenters. The van der Waals surface area contributed by atoms with Crippen LogP contribution in [0, 0.1) is 5.92 Å². The fourth-order valence-corrected chi connectivity index (χ4v) is 2.71. The van der Waals surface area contributed by atoms with Crippen molar-refractivity contribution < 1.29 is 29.0 Å². The predicted octanol–water partition coefficient (Wildman–Crippen LogP) is 0.654. The number of aliphatic carboxylic acids is 1. The van der Waals surface area contributed by atoms with E-state index in [-0.39, 0.29) is 25.5 Å². The smallest absolute Gasteiger partial charge is 0.331 e. The summed E-state index contributed by atoms with van der Waals surface area (Å²) >= 11 is 0. The highest BCUT2D eigenvalue weighted by Gasteiger charge is 2.41. The van der Waals surface area contributed by atoms with E-state index in [1.807, 2.05) is 0 Å². The van der Waals surface area contributed by atoms with Crippen LogP contribution in [0.3, 0.4) is 0 Å². The molecule has 2 atom stereocenters. The molecule has 2 amide bonds. The first-order valence-corrected chi connectivity index (χ1v) is 7.79. The van der Waals surface area contributed by atoms with Gasteiger partial charge in [-0.1, -0.05) is 0 Å². The van der Waals surface area contributed by atoms with Gasteiger partial charge in [-0.3, -0.25) is 9.59 Å². The molecule has 1 aromatic rings. The van der Waals surface area contributed by atoms with E-state index in [4.69, 9.17) is 9.47 Å². The number of amides is 2. The summed E-state index contributed by atoms with van der Waals surface area (Å²) in [5, 5.41) is 11.8. The number of carbonyl (C=O) groups is 3. The molecule has 1 aliphatic rings. The number of anilines is 1. The number of carboxylic acids is 1. The van der Waals surface area contributed by atoms with Gasteiger partial charge in [0.05, 0.1) is 19.6 Å². The van der Waals surface area contributed by atoms with Crippen molar-refractivity contribution in [1.82, 2.24) is 5.32 Å². The SMILES string of the molecule is COCC(C)(NC(=O)C1CC(=O)N(c2ccc(OC)cc2)C1)C(=O)O. The molecule has 8 heteroatoms. The summed E-state index contributed by atoms with van der Waals surface area (Å²) in [5.41, 5.74) is -0.874. The zero-order valence-corrected chi connectivity index (χ0v) is 14.4. The van der Waals surface area contributed by atoms with Gasteiger partial charge in [-0.2, -0.15) is 0 Å². The lowest BCUT2D eigenvalue weighted by atomic mass is 10.0. The number of nitrogens with zero attached hydrogens (tertiary/aromatic N) is 1. The van der Waals surface area contributed by atoms with E-state index in [2.05, 4.69) is 5.32 Å². The van der Waals surface area contributed by atoms with Gasteiger partial charge in [0, 0.05) is 25.8 Å². The predicted molar refractivity (Wildman–Crippen MR) is 89.5 cm³/mol. The first-order chi connectivity index (χ1) is 11.8. The minimum Gasteiger partial charge on any atom is -0.497 e. The number of benzene rings is 1. The van der Waals surface area contributed by atoms with Crippen molar-refractivity contribution in [2.24, 2.45) is 5.92 Å². The zero-order valence-electron chi connectivity index (χ0n) is 14.4. The van der Waals surface area contributed by atoms with Gasteiger partial charge in [-0.25, -0.2) is 4.79 Å². The van der Waals surface area contributed by atoms with Crippen LogP contribution in [0.25, 0.3) is 0 Å². The van der Waals surface area contributed by atoms with Crippen LogP contribution >= 0.6 is 0 Å². The van der Waals surface area contributed by atoms with Crippen LogP contribution < -0.4 is 15.0 Å². The standard InChI is InChI=1S/C17H22N2O6/c1-17(10-24-2,16(22)23)18-15(21)11-8-14(20)19(9-11)12-4-6-13(25-3)7-5-12/h4-7,11H,8-10H2,1-3H3,(H,18,21)(H,22,23). The summed E-state index contributed by atoms with van der Waals surface area (Å²) in [4.78, 5) is 37.6. The van der Waals surface area contributed by atoms with Gasteiger partial charge in [-0.05, 0) is 31.2 Å². The molecule has 0 aromatic heterocycles. The zero-order chi connectivity index (χ0) is 18.6. The van der Waals surface area contributed by atoms with E-state index in [9.17, 15) is 19.5 Å². The lowest BCUT2D eigenvalue weighted by Gasteiger charge is -2.26. The molecule has 2 N–H and O–H groups in total. The van der Waals surface area contributed by atoms with E-state index >= 15 is 0 Å². The van der Waals surface area contributed by atoms with Gasteiger partial charge in [-0.15, -0.1) is 0 Å². The minimum absolute atomic E-state index is 0.0283. The summed E-state index contributed by atoms with van der Waals surface area (Å²) in [6.45, 7) is 1.39. The van der Waals surface area contributed by atoms with Crippen molar-refractivity contribution in [3.05, 3.63) is 24.3 Å². The minimum atomic E-state index is -1.54. The highest BCUT2D eigenvalue weighted by molar-refractivity contribution is 6.01. The van der Waals surface area contributed by atoms with Crippen LogP contribution in [0.1, 0.15) is 13.3 Å². The number of carbonyl (C=O) groups excluding carboxylic acids is 2. The molecule has 1 heterocycles. The summed E-state index contributed by atoms with van der Waals surface area (Å²) in [7, 11) is 2.91. The number of rotatable bonds is 7. The molecular formula is C17H22N2O6. The molecule has 1 saturated heterocycles. The van der Waals surface area contributed by atoms with Gasteiger partial charge in [0.25, 0.3) is 0 Å². The Morgan fingerprint density at radius 2 is 1.96 bits per heavy atom. The Balaban J connectivity index is 2.08. The number of hydrogen-bond acceptors (Lipinski definition) is 5. The molecule has 136 valence electrons. The van der Waals surface area contributed by atoms with E-state index < -0.39 is 23.3 Å². The number of nitrogens with one attached hydrogen (secondary N) is 1. The summed E-state index contributed by atoms with van der Waals surface area (Å²) < 4.78 is 9.96. The van der Waals surface area contributed by atoms with Crippen molar-refractivity contribution in [3.8, 4) is 5.75 Å². The second-order valence-electron chi connectivity index (χ2n) is 6.16. The van der Waals surface area contributed by atoms with E-state index in [0.717, 1.165) is 0 Å². The fraction of sp³-hybridized carbons (Fsp3) is 0.471. The maximum absolute atomic E-state index is 12.4. The quantitative estimate of drug-likeness (QED) is 0.748. The van der Waals surface area contributed by atoms with Crippen molar-refractivity contribution in [2.45, 2.75) is 18.9 Å². The normalized spacial score (nSPS) is 19.4. The number of hydrogen-bond donors (Lipinski definition) is 2. The Bertz CT molecular complexity index is 660. The third-order valence-electron chi connectivity index (χ3n) is 4.18.